The summed E-state index contributed by atoms with van der Waals surface area (Å²) in [4.78, 5) is 14.8. The zero-order valence-electron chi connectivity index (χ0n) is 22.3. The van der Waals surface area contributed by atoms with Crippen molar-refractivity contribution in [1.82, 2.24) is 29.5 Å². The fourth-order valence-corrected chi connectivity index (χ4v) is 6.46. The van der Waals surface area contributed by atoms with Crippen LogP contribution in [0.15, 0.2) is 61.2 Å². The molecule has 2 aromatic carbocycles. The van der Waals surface area contributed by atoms with Crippen molar-refractivity contribution in [3.63, 3.8) is 0 Å². The predicted octanol–water partition coefficient (Wildman–Crippen LogP) is 4.47. The van der Waals surface area contributed by atoms with Gasteiger partial charge in [0.1, 0.15) is 5.75 Å². The molecule has 10 heteroatoms. The Kier molecular flexibility index (Phi) is 5.81. The van der Waals surface area contributed by atoms with E-state index in [9.17, 15) is 0 Å². The second kappa shape index (κ2) is 9.79. The summed E-state index contributed by atoms with van der Waals surface area (Å²) < 4.78 is 13.9. The predicted molar refractivity (Wildman–Crippen MR) is 154 cm³/mol. The number of H-pyrrole nitrogens is 1. The maximum absolute atomic E-state index is 6.33. The van der Waals surface area contributed by atoms with Gasteiger partial charge in [0.05, 0.1) is 29.7 Å². The molecule has 0 saturated carbocycles. The average molecular weight is 537 g/mol. The van der Waals surface area contributed by atoms with Gasteiger partial charge < -0.3 is 24.1 Å². The molecule has 204 valence electrons. The molecule has 3 aliphatic heterocycles. The van der Waals surface area contributed by atoms with Crippen molar-refractivity contribution < 1.29 is 9.47 Å². The monoisotopic (exact) mass is 536 g/mol. The fraction of sp³-hybridized carbons (Fsp3) is 0.367. The summed E-state index contributed by atoms with van der Waals surface area (Å²) in [5.74, 6) is 1.62. The number of fused-ring (bicyclic) bond motifs is 5. The smallest absolute Gasteiger partial charge is 0.180 e. The highest BCUT2D eigenvalue weighted by Crippen LogP contribution is 2.38. The van der Waals surface area contributed by atoms with Gasteiger partial charge in [0, 0.05) is 92.6 Å². The van der Waals surface area contributed by atoms with E-state index in [0.29, 0.717) is 24.5 Å². The van der Waals surface area contributed by atoms with Gasteiger partial charge in [-0.15, -0.1) is 0 Å². The number of anilines is 3. The van der Waals surface area contributed by atoms with E-state index in [1.807, 2.05) is 23.0 Å². The van der Waals surface area contributed by atoms with Gasteiger partial charge in [-0.2, -0.15) is 5.10 Å². The summed E-state index contributed by atoms with van der Waals surface area (Å²) in [7, 11) is 0. The fourth-order valence-electron chi connectivity index (χ4n) is 6.46. The van der Waals surface area contributed by atoms with Crippen LogP contribution in [-0.2, 0) is 4.74 Å². The Balaban J connectivity index is 1.07. The molecule has 2 N–H and O–H groups in total. The van der Waals surface area contributed by atoms with Crippen LogP contribution in [0.3, 0.4) is 0 Å². The molecule has 1 atom stereocenters. The Morgan fingerprint density at radius 1 is 0.975 bits per heavy atom. The molecular formula is C30H32N8O2. The number of hydrogen-bond donors (Lipinski definition) is 2. The van der Waals surface area contributed by atoms with Crippen LogP contribution in [-0.4, -0.2) is 81.0 Å². The van der Waals surface area contributed by atoms with E-state index in [2.05, 4.69) is 66.7 Å². The molecular weight excluding hydrogens is 504 g/mol. The highest BCUT2D eigenvalue weighted by molar-refractivity contribution is 5.84. The zero-order valence-corrected chi connectivity index (χ0v) is 22.3. The highest BCUT2D eigenvalue weighted by atomic mass is 16.5. The summed E-state index contributed by atoms with van der Waals surface area (Å²) in [6.07, 6.45) is 10.9. The van der Waals surface area contributed by atoms with Crippen molar-refractivity contribution in [2.45, 2.75) is 31.3 Å². The summed E-state index contributed by atoms with van der Waals surface area (Å²) in [6.45, 7) is 5.68. The Bertz CT molecular complexity index is 1670. The van der Waals surface area contributed by atoms with Crippen molar-refractivity contribution in [3.05, 3.63) is 61.2 Å². The molecule has 0 amide bonds. The second-order valence-electron chi connectivity index (χ2n) is 10.9. The van der Waals surface area contributed by atoms with Crippen molar-refractivity contribution in [2.24, 2.45) is 0 Å². The van der Waals surface area contributed by atoms with E-state index >= 15 is 0 Å². The van der Waals surface area contributed by atoms with E-state index in [-0.39, 0.29) is 0 Å². The third-order valence-corrected chi connectivity index (χ3v) is 8.57. The van der Waals surface area contributed by atoms with Crippen LogP contribution < -0.4 is 15.0 Å². The number of ether oxygens (including phenoxy) is 2. The van der Waals surface area contributed by atoms with Crippen LogP contribution in [0.5, 0.6) is 5.75 Å². The minimum Gasteiger partial charge on any atom is -0.491 e. The van der Waals surface area contributed by atoms with E-state index in [1.54, 1.807) is 6.20 Å². The highest BCUT2D eigenvalue weighted by Gasteiger charge is 2.34. The number of imidazole rings is 1. The van der Waals surface area contributed by atoms with Crippen LogP contribution in [0.4, 0.5) is 17.2 Å². The molecule has 3 aromatic heterocycles. The lowest BCUT2D eigenvalue weighted by molar-refractivity contribution is 0.0264. The first-order chi connectivity index (χ1) is 19.8. The lowest BCUT2D eigenvalue weighted by Gasteiger charge is -2.45. The topological polar surface area (TPSA) is 95.8 Å². The second-order valence-corrected chi connectivity index (χ2v) is 10.9. The van der Waals surface area contributed by atoms with Crippen LogP contribution in [0, 0.1) is 0 Å². The molecule has 5 aromatic rings. The number of aromatic nitrogens is 5. The molecule has 2 fully saturated rings. The molecule has 2 saturated heterocycles. The minimum atomic E-state index is 0.465. The van der Waals surface area contributed by atoms with Gasteiger partial charge in [0.25, 0.3) is 0 Å². The van der Waals surface area contributed by atoms with Crippen LogP contribution >= 0.6 is 0 Å². The molecule has 6 heterocycles. The Hall–Kier alpha value is -4.15. The maximum Gasteiger partial charge on any atom is 0.180 e. The Morgan fingerprint density at radius 2 is 1.90 bits per heavy atom. The molecule has 0 aliphatic carbocycles. The Labute approximate surface area is 231 Å². The molecule has 0 unspecified atom stereocenters. The summed E-state index contributed by atoms with van der Waals surface area (Å²) in [6, 6.07) is 13.7. The number of piperazine rings is 1. The number of rotatable bonds is 4. The number of benzene rings is 2. The van der Waals surface area contributed by atoms with Crippen molar-refractivity contribution in [1.29, 1.82) is 0 Å². The lowest BCUT2D eigenvalue weighted by Crippen LogP contribution is -2.56. The molecule has 0 radical (unpaired) electrons. The standard InChI is InChI=1S/C30H32N8O2/c1-2-21-17-32-35-25(21)15-20(1)26-19-37-9-8-31-30(37)29(34-26)33-22-3-4-27-28(16-22)40-14-7-24-18-36(10-11-38(24)27)23-5-12-39-13-6-23/h1-4,8-9,15-17,19,23-24H,5-7,10-14,18H2,(H,32,35)(H,33,34)/t24-/m0/s1. The van der Waals surface area contributed by atoms with Gasteiger partial charge in [-0.3, -0.25) is 10.00 Å². The number of nitrogens with one attached hydrogen (secondary N) is 2. The quantitative estimate of drug-likeness (QED) is 0.348. The lowest BCUT2D eigenvalue weighted by atomic mass is 10.0. The van der Waals surface area contributed by atoms with E-state index in [1.165, 1.54) is 5.69 Å². The normalized spacial score (nSPS) is 20.2. The van der Waals surface area contributed by atoms with Gasteiger partial charge in [0.2, 0.25) is 0 Å². The van der Waals surface area contributed by atoms with Crippen LogP contribution in [0.1, 0.15) is 19.3 Å². The summed E-state index contributed by atoms with van der Waals surface area (Å²) in [5, 5.41) is 11.8. The number of aromatic amines is 1. The molecule has 8 rings (SSSR count). The van der Waals surface area contributed by atoms with Crippen molar-refractivity contribution in [3.8, 4) is 17.0 Å². The first-order valence-corrected chi connectivity index (χ1v) is 14.2. The third-order valence-electron chi connectivity index (χ3n) is 8.57. The van der Waals surface area contributed by atoms with Gasteiger partial charge >= 0.3 is 0 Å². The first-order valence-electron chi connectivity index (χ1n) is 14.2. The molecule has 10 nitrogen and oxygen atoms in total. The minimum absolute atomic E-state index is 0.465. The van der Waals surface area contributed by atoms with E-state index in [4.69, 9.17) is 14.5 Å². The molecule has 0 bridgehead atoms. The van der Waals surface area contributed by atoms with Gasteiger partial charge in [-0.25, -0.2) is 9.97 Å². The molecule has 40 heavy (non-hydrogen) atoms. The van der Waals surface area contributed by atoms with Crippen LogP contribution in [0.25, 0.3) is 27.8 Å². The first kappa shape index (κ1) is 23.7. The molecule has 3 aliphatic rings. The van der Waals surface area contributed by atoms with Crippen molar-refractivity contribution >= 4 is 33.7 Å². The van der Waals surface area contributed by atoms with Gasteiger partial charge in [-0.05, 0) is 31.0 Å². The molecule has 0 spiro atoms. The summed E-state index contributed by atoms with van der Waals surface area (Å²) >= 11 is 0. The largest absolute Gasteiger partial charge is 0.491 e. The van der Waals surface area contributed by atoms with Gasteiger partial charge in [0.15, 0.2) is 11.5 Å². The zero-order chi connectivity index (χ0) is 26.5. The number of nitrogens with zero attached hydrogens (tertiary/aromatic N) is 6. The Morgan fingerprint density at radius 3 is 2.85 bits per heavy atom. The van der Waals surface area contributed by atoms with E-state index in [0.717, 1.165) is 91.4 Å². The SMILES string of the molecule is c1cn2cc(-c3ccc4cn[nH]c4c3)nc(Nc3ccc4c(c3)OCC[C@H]3CN(C5CCOCC5)CCN43)c2n1. The maximum atomic E-state index is 6.33. The summed E-state index contributed by atoms with van der Waals surface area (Å²) in [5.41, 5.74) is 5.71. The third kappa shape index (κ3) is 4.24. The van der Waals surface area contributed by atoms with Gasteiger partial charge in [-0.1, -0.05) is 12.1 Å². The van der Waals surface area contributed by atoms with Crippen molar-refractivity contribution in [2.75, 3.05) is 49.7 Å². The van der Waals surface area contributed by atoms with E-state index < -0.39 is 0 Å². The number of hydrogen-bond acceptors (Lipinski definition) is 8. The van der Waals surface area contributed by atoms with Crippen LogP contribution in [0.2, 0.25) is 0 Å². The average Bonchev–Trinajstić information content (AvgIpc) is 3.63.